The van der Waals surface area contributed by atoms with Crippen LogP contribution in [0.2, 0.25) is 0 Å². The van der Waals surface area contributed by atoms with Crippen molar-refractivity contribution in [1.82, 2.24) is 0 Å². The second kappa shape index (κ2) is 4.94. The van der Waals surface area contributed by atoms with Crippen LogP contribution >= 0.6 is 0 Å². The van der Waals surface area contributed by atoms with Gasteiger partial charge in [-0.1, -0.05) is 6.07 Å². The fourth-order valence-electron chi connectivity index (χ4n) is 0.756. The van der Waals surface area contributed by atoms with Gasteiger partial charge in [-0.25, -0.2) is 5.26 Å². The fourth-order valence-corrected chi connectivity index (χ4v) is 0.756. The molecule has 1 aromatic rings. The first kappa shape index (κ1) is 11.2. The topological polar surface area (TPSA) is 49.8 Å². The predicted octanol–water partition coefficient (Wildman–Crippen LogP) is -1.67. The summed E-state index contributed by atoms with van der Waals surface area (Å²) in [5.41, 5.74) is 7.12. The van der Waals surface area contributed by atoms with Gasteiger partial charge in [0.2, 0.25) is 0 Å². The summed E-state index contributed by atoms with van der Waals surface area (Å²) < 4.78 is 0. The summed E-state index contributed by atoms with van der Waals surface area (Å²) in [5.74, 6) is 0. The van der Waals surface area contributed by atoms with Gasteiger partial charge in [-0.15, -0.1) is 6.07 Å². The molecule has 0 aliphatic rings. The van der Waals surface area contributed by atoms with Gasteiger partial charge in [-0.05, 0) is 11.3 Å². The van der Waals surface area contributed by atoms with Crippen molar-refractivity contribution in [2.45, 2.75) is 0 Å². The van der Waals surface area contributed by atoms with Crippen LogP contribution in [0, 0.1) is 18.3 Å². The number of anilines is 1. The third-order valence-corrected chi connectivity index (χ3v) is 1.29. The SMILES string of the molecule is [CH2-]c1cccc(N)c1C#N.[Rb+]. The molecule has 0 radical (unpaired) electrons. The molecule has 2 nitrogen and oxygen atoms in total. The summed E-state index contributed by atoms with van der Waals surface area (Å²) in [6.45, 7) is 3.65. The van der Waals surface area contributed by atoms with E-state index >= 15 is 0 Å². The van der Waals surface area contributed by atoms with Crippen molar-refractivity contribution in [2.24, 2.45) is 0 Å². The molecule has 0 amide bonds. The first-order valence-electron chi connectivity index (χ1n) is 2.86. The summed E-state index contributed by atoms with van der Waals surface area (Å²) in [4.78, 5) is 0. The van der Waals surface area contributed by atoms with E-state index in [1.54, 1.807) is 18.2 Å². The number of hydrogen-bond acceptors (Lipinski definition) is 2. The number of nitrogens with zero attached hydrogens (tertiary/aromatic N) is 1. The Morgan fingerprint density at radius 3 is 2.45 bits per heavy atom. The van der Waals surface area contributed by atoms with E-state index in [0.717, 1.165) is 0 Å². The van der Waals surface area contributed by atoms with Gasteiger partial charge in [-0.2, -0.15) is 18.6 Å². The van der Waals surface area contributed by atoms with E-state index in [0.29, 0.717) is 16.8 Å². The Morgan fingerprint density at radius 2 is 2.09 bits per heavy atom. The van der Waals surface area contributed by atoms with Gasteiger partial charge in [0, 0.05) is 6.07 Å². The van der Waals surface area contributed by atoms with Gasteiger partial charge in [0.25, 0.3) is 0 Å². The molecule has 2 N–H and O–H groups in total. The zero-order chi connectivity index (χ0) is 7.56. The Morgan fingerprint density at radius 1 is 1.45 bits per heavy atom. The maximum Gasteiger partial charge on any atom is 1.00 e. The maximum atomic E-state index is 8.53. The zero-order valence-electron chi connectivity index (χ0n) is 6.46. The third kappa shape index (κ3) is 2.60. The summed E-state index contributed by atoms with van der Waals surface area (Å²) >= 11 is 0. The van der Waals surface area contributed by atoms with Crippen LogP contribution < -0.4 is 63.9 Å². The molecule has 0 atom stereocenters. The van der Waals surface area contributed by atoms with Crippen molar-refractivity contribution >= 4 is 5.69 Å². The fraction of sp³-hybridized carbons (Fsp3) is 0. The smallest absolute Gasteiger partial charge is 0.408 e. The predicted molar refractivity (Wildman–Crippen MR) is 40.0 cm³/mol. The van der Waals surface area contributed by atoms with Gasteiger partial charge < -0.3 is 5.73 Å². The number of nitriles is 1. The van der Waals surface area contributed by atoms with Gasteiger partial charge in [0.05, 0.1) is 0 Å². The molecule has 0 saturated carbocycles. The minimum absolute atomic E-state index is 0. The molecule has 1 aromatic carbocycles. The number of rotatable bonds is 0. The van der Waals surface area contributed by atoms with E-state index in [1.165, 1.54) is 0 Å². The number of nitrogens with two attached hydrogens (primary N) is 1. The van der Waals surface area contributed by atoms with Gasteiger partial charge in [0.1, 0.15) is 0 Å². The van der Waals surface area contributed by atoms with Crippen LogP contribution in [0.4, 0.5) is 5.69 Å². The van der Waals surface area contributed by atoms with Crippen molar-refractivity contribution in [3.05, 3.63) is 36.2 Å². The quantitative estimate of drug-likeness (QED) is 0.416. The van der Waals surface area contributed by atoms with Crippen molar-refractivity contribution in [2.75, 3.05) is 5.73 Å². The van der Waals surface area contributed by atoms with E-state index in [2.05, 4.69) is 6.92 Å². The minimum atomic E-state index is 0. The molecule has 0 heterocycles. The van der Waals surface area contributed by atoms with Crippen LogP contribution in [0.3, 0.4) is 0 Å². The number of benzene rings is 1. The molecule has 0 aromatic heterocycles. The number of nitrogen functional groups attached to an aromatic ring is 1. The molecule has 3 heteroatoms. The van der Waals surface area contributed by atoms with E-state index in [9.17, 15) is 0 Å². The molecule has 0 saturated heterocycles. The normalized spacial score (nSPS) is 7.91. The van der Waals surface area contributed by atoms with E-state index in [4.69, 9.17) is 11.0 Å². The van der Waals surface area contributed by atoms with Gasteiger partial charge in [-0.3, -0.25) is 0 Å². The molecular formula is C8H7N2Rb. The second-order valence-electron chi connectivity index (χ2n) is 1.99. The zero-order valence-corrected chi connectivity index (χ0v) is 11.4. The summed E-state index contributed by atoms with van der Waals surface area (Å²) in [5, 5.41) is 8.53. The molecule has 1 rings (SSSR count). The summed E-state index contributed by atoms with van der Waals surface area (Å²) in [7, 11) is 0. The Labute approximate surface area is 115 Å². The molecular weight excluding hydrogens is 210 g/mol. The molecule has 0 spiro atoms. The molecule has 0 aliphatic carbocycles. The van der Waals surface area contributed by atoms with Crippen LogP contribution in [0.15, 0.2) is 18.2 Å². The van der Waals surface area contributed by atoms with Crippen LogP contribution in [-0.4, -0.2) is 0 Å². The molecule has 0 bridgehead atoms. The standard InChI is InChI=1S/C8H7N2.Rb/c1-6-3-2-4-8(10)7(6)5-9;/h2-4H,1,10H2;/q-1;+1. The Bertz CT molecular complexity index is 268. The van der Waals surface area contributed by atoms with E-state index in [-0.39, 0.29) is 58.2 Å². The van der Waals surface area contributed by atoms with E-state index < -0.39 is 0 Å². The van der Waals surface area contributed by atoms with Crippen LogP contribution in [-0.2, 0) is 0 Å². The first-order valence-corrected chi connectivity index (χ1v) is 2.86. The molecule has 0 unspecified atom stereocenters. The van der Waals surface area contributed by atoms with Crippen molar-refractivity contribution in [3.63, 3.8) is 0 Å². The molecule has 0 aliphatic heterocycles. The Balaban J connectivity index is 0.000001000. The molecule has 50 valence electrons. The van der Waals surface area contributed by atoms with Gasteiger partial charge >= 0.3 is 58.2 Å². The maximum absolute atomic E-state index is 8.53. The average Bonchev–Trinajstić information content (AvgIpc) is 1.88. The average molecular weight is 217 g/mol. The van der Waals surface area contributed by atoms with E-state index in [1.807, 2.05) is 6.07 Å². The molecule has 0 fully saturated rings. The van der Waals surface area contributed by atoms with Crippen molar-refractivity contribution < 1.29 is 58.2 Å². The summed E-state index contributed by atoms with van der Waals surface area (Å²) in [6.07, 6.45) is 0. The van der Waals surface area contributed by atoms with Crippen LogP contribution in [0.25, 0.3) is 0 Å². The Hall–Kier alpha value is 0.185. The van der Waals surface area contributed by atoms with Crippen LogP contribution in [0.1, 0.15) is 11.1 Å². The van der Waals surface area contributed by atoms with Gasteiger partial charge in [0.15, 0.2) is 0 Å². The third-order valence-electron chi connectivity index (χ3n) is 1.29. The second-order valence-corrected chi connectivity index (χ2v) is 1.99. The monoisotopic (exact) mass is 216 g/mol. The molecule has 11 heavy (non-hydrogen) atoms. The first-order chi connectivity index (χ1) is 4.75. The Kier molecular flexibility index (Phi) is 5.03. The van der Waals surface area contributed by atoms with Crippen molar-refractivity contribution in [3.8, 4) is 6.07 Å². The van der Waals surface area contributed by atoms with Crippen molar-refractivity contribution in [1.29, 1.82) is 5.26 Å². The van der Waals surface area contributed by atoms with Crippen LogP contribution in [0.5, 0.6) is 0 Å². The largest absolute Gasteiger partial charge is 1.00 e. The number of hydrogen-bond donors (Lipinski definition) is 1. The minimum Gasteiger partial charge on any atom is -0.408 e. The summed E-state index contributed by atoms with van der Waals surface area (Å²) in [6, 6.07) is 7.20.